The Labute approximate surface area is 371 Å². The summed E-state index contributed by atoms with van der Waals surface area (Å²) in [5.74, 6) is -1.19. The molecule has 0 aromatic rings. The Hall–Kier alpha value is -2.49. The van der Waals surface area contributed by atoms with E-state index in [2.05, 4.69) is 55.5 Å². The summed E-state index contributed by atoms with van der Waals surface area (Å²) in [6, 6.07) is 0. The molecular formula is C47H81O14P. The summed E-state index contributed by atoms with van der Waals surface area (Å²) in [5, 5.41) is 59.7. The number of hydrogen-bond donors (Lipinski definition) is 7. The van der Waals surface area contributed by atoms with E-state index in [-0.39, 0.29) is 18.9 Å². The van der Waals surface area contributed by atoms with Crippen LogP contribution in [0.1, 0.15) is 162 Å². The number of esters is 2. The van der Waals surface area contributed by atoms with Crippen molar-refractivity contribution >= 4 is 19.8 Å². The van der Waals surface area contributed by atoms with Crippen LogP contribution in [-0.4, -0.2) is 110 Å². The molecule has 0 radical (unpaired) electrons. The minimum atomic E-state index is -5.14. The molecule has 0 bridgehead atoms. The SMILES string of the molecule is CCCCCC/C=C\CCCCCCCCCC(=O)O[C@H](COC(=O)CCC/C=C\C/C=C\C/C=C\C/C=C\CC[C@@H](O)CC)COP(=O)(O)OC1[C@H](O)[C@H](O)C(O)[C@H](O)[C@H]1O. The van der Waals surface area contributed by atoms with Gasteiger partial charge in [-0.15, -0.1) is 0 Å². The molecule has 15 heteroatoms. The van der Waals surface area contributed by atoms with Crippen LogP contribution < -0.4 is 0 Å². The van der Waals surface area contributed by atoms with Gasteiger partial charge in [-0.25, -0.2) is 4.57 Å². The molecule has 0 aliphatic heterocycles. The molecule has 0 spiro atoms. The van der Waals surface area contributed by atoms with E-state index in [1.165, 1.54) is 25.7 Å². The van der Waals surface area contributed by atoms with Crippen LogP contribution in [-0.2, 0) is 32.7 Å². The Morgan fingerprint density at radius 2 is 1.02 bits per heavy atom. The zero-order chi connectivity index (χ0) is 45.9. The van der Waals surface area contributed by atoms with Gasteiger partial charge in [0.2, 0.25) is 0 Å². The fourth-order valence-electron chi connectivity index (χ4n) is 6.55. The van der Waals surface area contributed by atoms with E-state index in [9.17, 15) is 49.7 Å². The van der Waals surface area contributed by atoms with Gasteiger partial charge in [-0.05, 0) is 83.5 Å². The highest BCUT2D eigenvalue weighted by Crippen LogP contribution is 2.47. The molecule has 0 aromatic heterocycles. The average Bonchev–Trinajstić information content (AvgIpc) is 3.25. The van der Waals surface area contributed by atoms with Crippen LogP contribution in [0.15, 0.2) is 60.8 Å². The highest BCUT2D eigenvalue weighted by atomic mass is 31.2. The predicted molar refractivity (Wildman–Crippen MR) is 241 cm³/mol. The first kappa shape index (κ1) is 57.5. The second kappa shape index (κ2) is 36.8. The smallest absolute Gasteiger partial charge is 0.462 e. The van der Waals surface area contributed by atoms with Gasteiger partial charge in [0.1, 0.15) is 43.2 Å². The molecular weight excluding hydrogens is 819 g/mol. The number of phosphoric acid groups is 1. The Morgan fingerprint density at radius 3 is 1.58 bits per heavy atom. The lowest BCUT2D eigenvalue weighted by Gasteiger charge is -2.41. The highest BCUT2D eigenvalue weighted by Gasteiger charge is 2.51. The number of allylic oxidation sites excluding steroid dienone is 10. The van der Waals surface area contributed by atoms with E-state index in [4.69, 9.17) is 18.5 Å². The van der Waals surface area contributed by atoms with E-state index in [0.717, 1.165) is 89.9 Å². The Bertz CT molecular complexity index is 1330. The first-order valence-corrected chi connectivity index (χ1v) is 24.7. The van der Waals surface area contributed by atoms with Gasteiger partial charge in [-0.2, -0.15) is 0 Å². The van der Waals surface area contributed by atoms with E-state index in [0.29, 0.717) is 19.3 Å². The van der Waals surface area contributed by atoms with Gasteiger partial charge in [0.05, 0.1) is 12.7 Å². The molecule has 7 N–H and O–H groups in total. The van der Waals surface area contributed by atoms with Gasteiger partial charge >= 0.3 is 19.8 Å². The van der Waals surface area contributed by atoms with Crippen LogP contribution in [0.2, 0.25) is 0 Å². The van der Waals surface area contributed by atoms with Crippen molar-refractivity contribution in [1.82, 2.24) is 0 Å². The van der Waals surface area contributed by atoms with Gasteiger partial charge in [-0.1, -0.05) is 126 Å². The zero-order valence-corrected chi connectivity index (χ0v) is 38.4. The number of carbonyl (C=O) groups is 2. The average molecular weight is 901 g/mol. The molecule has 14 nitrogen and oxygen atoms in total. The molecule has 3 unspecified atom stereocenters. The van der Waals surface area contributed by atoms with Crippen LogP contribution in [0.25, 0.3) is 0 Å². The number of unbranched alkanes of at least 4 members (excludes halogenated alkanes) is 12. The Kier molecular flexibility index (Phi) is 34.2. The van der Waals surface area contributed by atoms with Crippen LogP contribution >= 0.6 is 7.82 Å². The van der Waals surface area contributed by atoms with Gasteiger partial charge in [-0.3, -0.25) is 18.6 Å². The first-order valence-electron chi connectivity index (χ1n) is 23.2. The van der Waals surface area contributed by atoms with Crippen molar-refractivity contribution in [3.05, 3.63) is 60.8 Å². The highest BCUT2D eigenvalue weighted by molar-refractivity contribution is 7.47. The molecule has 1 aliphatic rings. The first-order chi connectivity index (χ1) is 29.8. The number of ether oxygens (including phenoxy) is 2. The molecule has 1 rings (SSSR count). The maximum Gasteiger partial charge on any atom is 0.472 e. The van der Waals surface area contributed by atoms with E-state index in [1.807, 2.05) is 19.1 Å². The number of phosphoric ester groups is 1. The lowest BCUT2D eigenvalue weighted by Crippen LogP contribution is -2.64. The topological polar surface area (TPSA) is 230 Å². The molecule has 62 heavy (non-hydrogen) atoms. The second-order valence-corrected chi connectivity index (χ2v) is 17.4. The third-order valence-corrected chi connectivity index (χ3v) is 11.5. The maximum atomic E-state index is 12.8. The fraction of sp³-hybridized carbons (Fsp3) is 0.745. The molecule has 9 atom stereocenters. The van der Waals surface area contributed by atoms with Crippen LogP contribution in [0, 0.1) is 0 Å². The lowest BCUT2D eigenvalue weighted by atomic mass is 9.85. The van der Waals surface area contributed by atoms with Gasteiger partial charge < -0.3 is 45.0 Å². The van der Waals surface area contributed by atoms with Crippen molar-refractivity contribution in [2.45, 2.75) is 210 Å². The molecule has 0 amide bonds. The van der Waals surface area contributed by atoms with Crippen molar-refractivity contribution in [2.24, 2.45) is 0 Å². The summed E-state index contributed by atoms with van der Waals surface area (Å²) in [5.41, 5.74) is 0. The van der Waals surface area contributed by atoms with Gasteiger partial charge in [0.25, 0.3) is 0 Å². The maximum absolute atomic E-state index is 12.8. The largest absolute Gasteiger partial charge is 0.472 e. The van der Waals surface area contributed by atoms with E-state index >= 15 is 0 Å². The quantitative estimate of drug-likeness (QED) is 0.0136. The summed E-state index contributed by atoms with van der Waals surface area (Å²) in [7, 11) is -5.14. The van der Waals surface area contributed by atoms with Gasteiger partial charge in [0.15, 0.2) is 6.10 Å². The standard InChI is InChI=1S/C47H81O14P/c1-3-5-6-7-8-9-10-11-12-17-20-23-26-29-32-35-41(50)60-39(37-59-62(56,57)61-47-45(54)43(52)42(51)44(53)46(47)55)36-58-40(49)34-31-28-25-22-19-16-14-13-15-18-21-24-27-30-33-38(48)4-2/h9-10,14-16,18,22,24-25,27,38-39,42-48,51-55H,3-8,11-13,17,19-21,23,26,28-37H2,1-2H3,(H,56,57)/b10-9-,16-14-,18-15-,25-22-,27-24-/t38-,39+,42?,43-,44+,45+,46+,47?/m0/s1. The van der Waals surface area contributed by atoms with Gasteiger partial charge in [0, 0.05) is 12.8 Å². The predicted octanol–water partition coefficient (Wildman–Crippen LogP) is 7.92. The van der Waals surface area contributed by atoms with Crippen molar-refractivity contribution in [2.75, 3.05) is 13.2 Å². The zero-order valence-electron chi connectivity index (χ0n) is 37.5. The third-order valence-electron chi connectivity index (χ3n) is 10.5. The third kappa shape index (κ3) is 29.1. The number of rotatable bonds is 37. The molecule has 0 heterocycles. The van der Waals surface area contributed by atoms with E-state index < -0.39 is 75.7 Å². The monoisotopic (exact) mass is 901 g/mol. The molecule has 0 aromatic carbocycles. The van der Waals surface area contributed by atoms with Crippen molar-refractivity contribution in [3.8, 4) is 0 Å². The molecule has 358 valence electrons. The minimum absolute atomic E-state index is 0.0709. The molecule has 0 saturated heterocycles. The van der Waals surface area contributed by atoms with Crippen molar-refractivity contribution < 1.29 is 68.2 Å². The normalized spacial score (nSPS) is 22.9. The van der Waals surface area contributed by atoms with Crippen LogP contribution in [0.4, 0.5) is 0 Å². The summed E-state index contributed by atoms with van der Waals surface area (Å²) in [6.07, 6.45) is 27.9. The summed E-state index contributed by atoms with van der Waals surface area (Å²) in [4.78, 5) is 35.7. The number of aliphatic hydroxyl groups is 6. The second-order valence-electron chi connectivity index (χ2n) is 16.0. The number of hydrogen-bond acceptors (Lipinski definition) is 13. The van der Waals surface area contributed by atoms with E-state index in [1.54, 1.807) is 0 Å². The number of carbonyl (C=O) groups excluding carboxylic acids is 2. The molecule has 1 fully saturated rings. The van der Waals surface area contributed by atoms with Crippen LogP contribution in [0.3, 0.4) is 0 Å². The molecule has 1 aliphatic carbocycles. The molecule has 1 saturated carbocycles. The summed E-state index contributed by atoms with van der Waals surface area (Å²) < 4.78 is 33.4. The minimum Gasteiger partial charge on any atom is -0.462 e. The number of aliphatic hydroxyl groups excluding tert-OH is 6. The fourth-order valence-corrected chi connectivity index (χ4v) is 7.52. The summed E-state index contributed by atoms with van der Waals surface area (Å²) in [6.45, 7) is 2.95. The summed E-state index contributed by atoms with van der Waals surface area (Å²) >= 11 is 0. The van der Waals surface area contributed by atoms with Crippen LogP contribution in [0.5, 0.6) is 0 Å². The van der Waals surface area contributed by atoms with Crippen molar-refractivity contribution in [1.29, 1.82) is 0 Å². The Morgan fingerprint density at radius 1 is 0.565 bits per heavy atom. The Balaban J connectivity index is 2.51. The lowest BCUT2D eigenvalue weighted by molar-refractivity contribution is -0.220. The van der Waals surface area contributed by atoms with Crippen molar-refractivity contribution in [3.63, 3.8) is 0 Å².